The molecule has 0 saturated carbocycles. The molecule has 1 aromatic carbocycles. The highest BCUT2D eigenvalue weighted by Gasteiger charge is 2.72. The molecular formula is C28H39BrF8N2O. The van der Waals surface area contributed by atoms with Crippen molar-refractivity contribution in [3.8, 4) is 5.75 Å². The fourth-order valence-electron chi connectivity index (χ4n) is 4.75. The molecule has 40 heavy (non-hydrogen) atoms. The van der Waals surface area contributed by atoms with Gasteiger partial charge in [0.1, 0.15) is 30.5 Å². The van der Waals surface area contributed by atoms with Crippen molar-refractivity contribution in [3.63, 3.8) is 0 Å². The third-order valence-corrected chi connectivity index (χ3v) is 6.82. The molecule has 0 atom stereocenters. The molecule has 12 heteroatoms. The maximum absolute atomic E-state index is 13.8. The van der Waals surface area contributed by atoms with Gasteiger partial charge in [-0.2, -0.15) is 30.7 Å². The molecule has 0 N–H and O–H groups in total. The zero-order valence-electron chi connectivity index (χ0n) is 23.2. The summed E-state index contributed by atoms with van der Waals surface area (Å²) in [4.78, 5) is 0. The molecule has 0 radical (unpaired) electrons. The van der Waals surface area contributed by atoms with Gasteiger partial charge in [-0.1, -0.05) is 52.4 Å². The van der Waals surface area contributed by atoms with E-state index in [2.05, 4.69) is 23.0 Å². The summed E-state index contributed by atoms with van der Waals surface area (Å²) < 4.78 is 112. The predicted molar refractivity (Wildman–Crippen MR) is 133 cm³/mol. The van der Waals surface area contributed by atoms with Crippen molar-refractivity contribution < 1.29 is 61.4 Å². The van der Waals surface area contributed by atoms with Gasteiger partial charge in [0.25, 0.3) is 5.82 Å². The van der Waals surface area contributed by atoms with Crippen LogP contribution in [0.25, 0.3) is 0 Å². The SMILES string of the molecule is COc1ccc(F)cc1C[n+]1ccn(CCCCCCCCCCCC(F)(F)C(F)(F)C(F)(F)F)c1C(C)C.[Br-]. The summed E-state index contributed by atoms with van der Waals surface area (Å²) in [7, 11) is 1.56. The Balaban J connectivity index is 0.00000800. The number of nitrogens with zero attached hydrogens (tertiary/aromatic N) is 2. The maximum atomic E-state index is 13.8. The fraction of sp³-hybridized carbons (Fsp3) is 0.679. The van der Waals surface area contributed by atoms with Crippen LogP contribution < -0.4 is 26.3 Å². The Kier molecular flexibility index (Phi) is 14.4. The molecule has 0 spiro atoms. The number of methoxy groups -OCH3 is 1. The van der Waals surface area contributed by atoms with E-state index in [0.29, 0.717) is 18.7 Å². The summed E-state index contributed by atoms with van der Waals surface area (Å²) in [6.07, 6.45) is 2.05. The summed E-state index contributed by atoms with van der Waals surface area (Å²) in [6.45, 7) is 5.53. The summed E-state index contributed by atoms with van der Waals surface area (Å²) >= 11 is 0. The standard InChI is InChI=1S/C28H39F8N2O.BrH/c1-21(2)25-37(17-18-38(25)20-22-19-23(29)13-14-24(22)39-3)16-12-10-8-6-4-5-7-9-11-15-26(30,31)27(32,33)28(34,35)36;/h13-14,17-19,21H,4-12,15-16,20H2,1-3H3;1H/q+1;/p-1. The van der Waals surface area contributed by atoms with Gasteiger partial charge in [-0.3, -0.25) is 0 Å². The number of hydrogen-bond donors (Lipinski definition) is 0. The molecule has 230 valence electrons. The first kappa shape index (κ1) is 36.2. The van der Waals surface area contributed by atoms with Crippen LogP contribution in [0.2, 0.25) is 0 Å². The van der Waals surface area contributed by atoms with E-state index in [-0.39, 0.29) is 41.6 Å². The minimum atomic E-state index is -6.26. The summed E-state index contributed by atoms with van der Waals surface area (Å²) in [5.74, 6) is -9.41. The molecule has 0 aliphatic carbocycles. The topological polar surface area (TPSA) is 18.0 Å². The lowest BCUT2D eigenvalue weighted by Crippen LogP contribution is -3.00. The fourth-order valence-corrected chi connectivity index (χ4v) is 4.75. The van der Waals surface area contributed by atoms with Gasteiger partial charge in [0.15, 0.2) is 0 Å². The Labute approximate surface area is 241 Å². The van der Waals surface area contributed by atoms with E-state index in [0.717, 1.165) is 56.5 Å². The Morgan fingerprint density at radius 2 is 1.40 bits per heavy atom. The van der Waals surface area contributed by atoms with Crippen LogP contribution >= 0.6 is 0 Å². The molecule has 0 aliphatic heterocycles. The Morgan fingerprint density at radius 3 is 1.93 bits per heavy atom. The van der Waals surface area contributed by atoms with E-state index in [1.54, 1.807) is 13.2 Å². The molecule has 1 aromatic heterocycles. The average molecular weight is 652 g/mol. The number of ether oxygens (including phenoxy) is 1. The highest BCUT2D eigenvalue weighted by Crippen LogP contribution is 2.48. The summed E-state index contributed by atoms with van der Waals surface area (Å²) in [5, 5.41) is 0. The normalized spacial score (nSPS) is 12.6. The predicted octanol–water partition coefficient (Wildman–Crippen LogP) is 5.83. The van der Waals surface area contributed by atoms with Gasteiger partial charge in [0.2, 0.25) is 0 Å². The van der Waals surface area contributed by atoms with Gasteiger partial charge in [0.05, 0.1) is 19.6 Å². The van der Waals surface area contributed by atoms with Crippen LogP contribution in [0, 0.1) is 5.82 Å². The van der Waals surface area contributed by atoms with E-state index < -0.39 is 24.4 Å². The van der Waals surface area contributed by atoms with Crippen LogP contribution in [0.3, 0.4) is 0 Å². The molecule has 0 fully saturated rings. The highest BCUT2D eigenvalue weighted by molar-refractivity contribution is 5.33. The zero-order valence-corrected chi connectivity index (χ0v) is 24.7. The molecule has 0 bridgehead atoms. The van der Waals surface area contributed by atoms with E-state index in [1.807, 2.05) is 12.4 Å². The van der Waals surface area contributed by atoms with Gasteiger partial charge in [-0.05, 0) is 37.5 Å². The Morgan fingerprint density at radius 1 is 0.850 bits per heavy atom. The number of alkyl halides is 7. The monoisotopic (exact) mass is 650 g/mol. The third kappa shape index (κ3) is 9.91. The van der Waals surface area contributed by atoms with E-state index in [4.69, 9.17) is 4.74 Å². The highest BCUT2D eigenvalue weighted by atomic mass is 79.9. The molecular weight excluding hydrogens is 612 g/mol. The molecule has 0 aliphatic rings. The number of unbranched alkanes of at least 4 members (excludes halogenated alkanes) is 8. The van der Waals surface area contributed by atoms with Crippen molar-refractivity contribution in [2.75, 3.05) is 7.11 Å². The lowest BCUT2D eigenvalue weighted by molar-refractivity contribution is -0.696. The molecule has 1 heterocycles. The smallest absolute Gasteiger partial charge is 0.459 e. The number of halogens is 9. The van der Waals surface area contributed by atoms with Crippen molar-refractivity contribution in [1.29, 1.82) is 0 Å². The number of rotatable bonds is 17. The van der Waals surface area contributed by atoms with Crippen LogP contribution in [-0.2, 0) is 13.1 Å². The van der Waals surface area contributed by atoms with E-state index in [9.17, 15) is 35.1 Å². The van der Waals surface area contributed by atoms with Crippen LogP contribution in [0.15, 0.2) is 30.6 Å². The minimum Gasteiger partial charge on any atom is -1.00 e. The second kappa shape index (κ2) is 16.0. The minimum absolute atomic E-state index is 0. The largest absolute Gasteiger partial charge is 1.00 e. The van der Waals surface area contributed by atoms with Crippen molar-refractivity contribution >= 4 is 0 Å². The third-order valence-electron chi connectivity index (χ3n) is 6.82. The maximum Gasteiger partial charge on any atom is 0.459 e. The van der Waals surface area contributed by atoms with Gasteiger partial charge in [-0.15, -0.1) is 0 Å². The van der Waals surface area contributed by atoms with Gasteiger partial charge in [-0.25, -0.2) is 13.5 Å². The van der Waals surface area contributed by atoms with Crippen LogP contribution in [0.5, 0.6) is 5.75 Å². The first-order chi connectivity index (χ1) is 18.2. The van der Waals surface area contributed by atoms with Gasteiger partial charge >= 0.3 is 18.0 Å². The van der Waals surface area contributed by atoms with Crippen molar-refractivity contribution in [1.82, 2.24) is 4.57 Å². The van der Waals surface area contributed by atoms with Crippen LogP contribution in [-0.4, -0.2) is 29.7 Å². The number of imidazole rings is 1. The molecule has 2 aromatic rings. The lowest BCUT2D eigenvalue weighted by Gasteiger charge is -2.28. The van der Waals surface area contributed by atoms with E-state index in [1.165, 1.54) is 12.1 Å². The van der Waals surface area contributed by atoms with Crippen LogP contribution in [0.4, 0.5) is 35.1 Å². The number of aryl methyl sites for hydroxylation is 1. The van der Waals surface area contributed by atoms with Gasteiger partial charge < -0.3 is 21.7 Å². The molecule has 0 saturated heterocycles. The molecule has 0 amide bonds. The molecule has 2 rings (SSSR count). The second-order valence-electron chi connectivity index (χ2n) is 10.3. The molecule has 0 unspecified atom stereocenters. The first-order valence-electron chi connectivity index (χ1n) is 13.4. The van der Waals surface area contributed by atoms with Crippen LogP contribution in [0.1, 0.15) is 95.4 Å². The van der Waals surface area contributed by atoms with Crippen molar-refractivity contribution in [2.24, 2.45) is 0 Å². The number of hydrogen-bond acceptors (Lipinski definition) is 1. The average Bonchev–Trinajstić information content (AvgIpc) is 3.24. The van der Waals surface area contributed by atoms with Gasteiger partial charge in [0, 0.05) is 12.0 Å². The quantitative estimate of drug-likeness (QED) is 0.120. The number of benzene rings is 1. The Bertz CT molecular complexity index is 1020. The van der Waals surface area contributed by atoms with E-state index >= 15 is 0 Å². The van der Waals surface area contributed by atoms with Crippen molar-refractivity contribution in [3.05, 3.63) is 47.8 Å². The first-order valence-corrected chi connectivity index (χ1v) is 13.4. The lowest BCUT2D eigenvalue weighted by atomic mass is 10.0. The summed E-state index contributed by atoms with van der Waals surface area (Å²) in [6, 6.07) is 4.47. The van der Waals surface area contributed by atoms with Crippen molar-refractivity contribution in [2.45, 2.75) is 115 Å². The number of aromatic nitrogens is 2. The second-order valence-corrected chi connectivity index (χ2v) is 10.3. The Hall–Kier alpha value is -1.85. The summed E-state index contributed by atoms with van der Waals surface area (Å²) in [5.41, 5.74) is 0.759. The zero-order chi connectivity index (χ0) is 29.3. The molecule has 3 nitrogen and oxygen atoms in total.